The third-order valence-corrected chi connectivity index (χ3v) is 2.80. The molecule has 0 aliphatic carbocycles. The van der Waals surface area contributed by atoms with E-state index in [0.717, 1.165) is 22.3 Å². The van der Waals surface area contributed by atoms with Crippen LogP contribution in [-0.4, -0.2) is 5.78 Å². The van der Waals surface area contributed by atoms with Crippen molar-refractivity contribution in [1.82, 2.24) is 0 Å². The zero-order chi connectivity index (χ0) is 12.4. The third-order valence-electron chi connectivity index (χ3n) is 2.80. The maximum Gasteiger partial charge on any atom is 0.193 e. The molecule has 86 valence electrons. The van der Waals surface area contributed by atoms with Crippen molar-refractivity contribution in [2.45, 2.75) is 20.8 Å². The monoisotopic (exact) mass is 224 g/mol. The van der Waals surface area contributed by atoms with Gasteiger partial charge in [0.1, 0.15) is 0 Å². The lowest BCUT2D eigenvalue weighted by atomic mass is 9.99. The van der Waals surface area contributed by atoms with Crippen LogP contribution in [0.3, 0.4) is 0 Å². The van der Waals surface area contributed by atoms with Gasteiger partial charge in [-0.2, -0.15) is 0 Å². The van der Waals surface area contributed by atoms with Gasteiger partial charge < -0.3 is 0 Å². The van der Waals surface area contributed by atoms with E-state index in [0.29, 0.717) is 0 Å². The van der Waals surface area contributed by atoms with Crippen LogP contribution < -0.4 is 0 Å². The molecule has 2 aromatic rings. The molecule has 0 saturated heterocycles. The van der Waals surface area contributed by atoms with Crippen LogP contribution >= 0.6 is 0 Å². The van der Waals surface area contributed by atoms with Gasteiger partial charge in [-0.05, 0) is 32.9 Å². The van der Waals surface area contributed by atoms with E-state index < -0.39 is 0 Å². The number of rotatable bonds is 2. The highest BCUT2D eigenvalue weighted by atomic mass is 16.1. The molecular formula is C16H16O. The van der Waals surface area contributed by atoms with Crippen molar-refractivity contribution in [2.24, 2.45) is 0 Å². The molecule has 0 N–H and O–H groups in total. The summed E-state index contributed by atoms with van der Waals surface area (Å²) in [7, 11) is 0. The Morgan fingerprint density at radius 2 is 1.24 bits per heavy atom. The molecule has 0 fully saturated rings. The van der Waals surface area contributed by atoms with Crippen LogP contribution in [-0.2, 0) is 0 Å². The van der Waals surface area contributed by atoms with Crippen molar-refractivity contribution in [3.8, 4) is 0 Å². The van der Waals surface area contributed by atoms with Crippen molar-refractivity contribution < 1.29 is 4.79 Å². The second-order valence-electron chi connectivity index (χ2n) is 4.57. The van der Waals surface area contributed by atoms with Gasteiger partial charge in [-0.15, -0.1) is 0 Å². The number of aryl methyl sites for hydroxylation is 3. The number of hydrogen-bond acceptors (Lipinski definition) is 1. The summed E-state index contributed by atoms with van der Waals surface area (Å²) in [5, 5.41) is 0. The molecule has 2 rings (SSSR count). The highest BCUT2D eigenvalue weighted by molar-refractivity contribution is 6.09. The van der Waals surface area contributed by atoms with Gasteiger partial charge in [0.05, 0.1) is 0 Å². The first-order chi connectivity index (χ1) is 8.06. The van der Waals surface area contributed by atoms with Crippen LogP contribution in [0, 0.1) is 20.8 Å². The van der Waals surface area contributed by atoms with Crippen molar-refractivity contribution in [3.05, 3.63) is 70.3 Å². The molecule has 0 spiro atoms. The molecule has 1 heteroatoms. The van der Waals surface area contributed by atoms with E-state index in [1.807, 2.05) is 57.2 Å². The summed E-state index contributed by atoms with van der Waals surface area (Å²) < 4.78 is 0. The first kappa shape index (κ1) is 11.6. The number of ketones is 1. The fourth-order valence-corrected chi connectivity index (χ4v) is 1.98. The molecule has 2 aromatic carbocycles. The van der Waals surface area contributed by atoms with E-state index >= 15 is 0 Å². The lowest BCUT2D eigenvalue weighted by Gasteiger charge is -2.04. The smallest absolute Gasteiger partial charge is 0.193 e. The van der Waals surface area contributed by atoms with E-state index in [1.54, 1.807) is 0 Å². The Morgan fingerprint density at radius 1 is 0.706 bits per heavy atom. The van der Waals surface area contributed by atoms with Gasteiger partial charge in [0.25, 0.3) is 0 Å². The molecule has 0 heterocycles. The predicted octanol–water partition coefficient (Wildman–Crippen LogP) is 3.84. The molecule has 0 bridgehead atoms. The SMILES string of the molecule is Cc1ccc(C(=O)c2cc(C)cc(C)c2)cc1. The van der Waals surface area contributed by atoms with Gasteiger partial charge in [-0.3, -0.25) is 4.79 Å². The van der Waals surface area contributed by atoms with Crippen molar-refractivity contribution in [2.75, 3.05) is 0 Å². The van der Waals surface area contributed by atoms with Gasteiger partial charge in [-0.25, -0.2) is 0 Å². The largest absolute Gasteiger partial charge is 0.289 e. The van der Waals surface area contributed by atoms with E-state index in [-0.39, 0.29) is 5.78 Å². The van der Waals surface area contributed by atoms with Crippen LogP contribution in [0.15, 0.2) is 42.5 Å². The third kappa shape index (κ3) is 2.62. The summed E-state index contributed by atoms with van der Waals surface area (Å²) in [4.78, 5) is 12.3. The van der Waals surface area contributed by atoms with E-state index in [9.17, 15) is 4.79 Å². The van der Waals surface area contributed by atoms with Gasteiger partial charge in [0.2, 0.25) is 0 Å². The Labute approximate surface area is 102 Å². The Morgan fingerprint density at radius 3 is 1.76 bits per heavy atom. The van der Waals surface area contributed by atoms with Crippen LogP contribution in [0.4, 0.5) is 0 Å². The topological polar surface area (TPSA) is 17.1 Å². The predicted molar refractivity (Wildman–Crippen MR) is 70.5 cm³/mol. The number of carbonyl (C=O) groups excluding carboxylic acids is 1. The Balaban J connectivity index is 2.40. The van der Waals surface area contributed by atoms with Gasteiger partial charge in [0, 0.05) is 11.1 Å². The minimum Gasteiger partial charge on any atom is -0.289 e. The average molecular weight is 224 g/mol. The van der Waals surface area contributed by atoms with Gasteiger partial charge in [-0.1, -0.05) is 47.0 Å². The van der Waals surface area contributed by atoms with E-state index in [1.165, 1.54) is 5.56 Å². The summed E-state index contributed by atoms with van der Waals surface area (Å²) >= 11 is 0. The lowest BCUT2D eigenvalue weighted by Crippen LogP contribution is -2.02. The molecule has 1 nitrogen and oxygen atoms in total. The molecule has 0 aliphatic heterocycles. The van der Waals surface area contributed by atoms with Crippen LogP contribution in [0.5, 0.6) is 0 Å². The van der Waals surface area contributed by atoms with Gasteiger partial charge in [0.15, 0.2) is 5.78 Å². The summed E-state index contributed by atoms with van der Waals surface area (Å²) in [5.74, 6) is 0.0943. The molecule has 0 atom stereocenters. The van der Waals surface area contributed by atoms with E-state index in [4.69, 9.17) is 0 Å². The first-order valence-corrected chi connectivity index (χ1v) is 5.76. The fraction of sp³-hybridized carbons (Fsp3) is 0.188. The van der Waals surface area contributed by atoms with Crippen LogP contribution in [0.1, 0.15) is 32.6 Å². The average Bonchev–Trinajstić information content (AvgIpc) is 2.28. The Kier molecular flexibility index (Phi) is 3.10. The Bertz CT molecular complexity index is 530. The summed E-state index contributed by atoms with van der Waals surface area (Å²) in [6.45, 7) is 6.04. The maximum atomic E-state index is 12.3. The van der Waals surface area contributed by atoms with Crippen molar-refractivity contribution in [3.63, 3.8) is 0 Å². The van der Waals surface area contributed by atoms with Crippen LogP contribution in [0.25, 0.3) is 0 Å². The van der Waals surface area contributed by atoms with Crippen molar-refractivity contribution >= 4 is 5.78 Å². The van der Waals surface area contributed by atoms with Crippen LogP contribution in [0.2, 0.25) is 0 Å². The minimum atomic E-state index is 0.0943. The molecule has 17 heavy (non-hydrogen) atoms. The quantitative estimate of drug-likeness (QED) is 0.708. The zero-order valence-corrected chi connectivity index (χ0v) is 10.4. The van der Waals surface area contributed by atoms with E-state index in [2.05, 4.69) is 6.07 Å². The highest BCUT2D eigenvalue weighted by Crippen LogP contribution is 2.14. The molecule has 0 unspecified atom stereocenters. The fourth-order valence-electron chi connectivity index (χ4n) is 1.98. The number of hydrogen-bond donors (Lipinski definition) is 0. The molecule has 0 radical (unpaired) electrons. The maximum absolute atomic E-state index is 12.3. The standard InChI is InChI=1S/C16H16O/c1-11-4-6-14(7-5-11)16(17)15-9-12(2)8-13(3)10-15/h4-10H,1-3H3. The normalized spacial score (nSPS) is 10.3. The lowest BCUT2D eigenvalue weighted by molar-refractivity contribution is 0.103. The highest BCUT2D eigenvalue weighted by Gasteiger charge is 2.09. The first-order valence-electron chi connectivity index (χ1n) is 5.76. The zero-order valence-electron chi connectivity index (χ0n) is 10.4. The second kappa shape index (κ2) is 4.54. The minimum absolute atomic E-state index is 0.0943. The summed E-state index contributed by atoms with van der Waals surface area (Å²) in [5.41, 5.74) is 4.94. The number of carbonyl (C=O) groups is 1. The van der Waals surface area contributed by atoms with Gasteiger partial charge >= 0.3 is 0 Å². The second-order valence-corrected chi connectivity index (χ2v) is 4.57. The molecule has 0 saturated carbocycles. The molecule has 0 aliphatic rings. The summed E-state index contributed by atoms with van der Waals surface area (Å²) in [6.07, 6.45) is 0. The molecular weight excluding hydrogens is 208 g/mol. The van der Waals surface area contributed by atoms with Crippen molar-refractivity contribution in [1.29, 1.82) is 0 Å². The Hall–Kier alpha value is -1.89. The molecule has 0 amide bonds. The molecule has 0 aromatic heterocycles. The number of benzene rings is 2. The summed E-state index contributed by atoms with van der Waals surface area (Å²) in [6, 6.07) is 13.7.